The Morgan fingerprint density at radius 3 is 2.00 bits per heavy atom. The van der Waals surface area contributed by atoms with Crippen molar-refractivity contribution >= 4 is 5.97 Å². The quantitative estimate of drug-likeness (QED) is 0.571. The van der Waals surface area contributed by atoms with E-state index in [9.17, 15) is 13.6 Å². The summed E-state index contributed by atoms with van der Waals surface area (Å²) in [5.74, 6) is -6.34. The summed E-state index contributed by atoms with van der Waals surface area (Å²) in [6.07, 6.45) is -2.14. The van der Waals surface area contributed by atoms with Crippen LogP contribution in [0.4, 0.5) is 8.78 Å². The zero-order valence-corrected chi connectivity index (χ0v) is 4.64. The molecule has 0 heterocycles. The fraction of sp³-hybridized carbons (Fsp3) is 0.750. The third-order valence-corrected chi connectivity index (χ3v) is 0.810. The van der Waals surface area contributed by atoms with E-state index in [1.54, 1.807) is 0 Å². The van der Waals surface area contributed by atoms with Crippen LogP contribution in [0.2, 0.25) is 0 Å². The van der Waals surface area contributed by atoms with Gasteiger partial charge in [-0.3, -0.25) is 0 Å². The molecule has 0 aromatic heterocycles. The highest BCUT2D eigenvalue weighted by Crippen LogP contribution is 2.17. The van der Waals surface area contributed by atoms with Crippen LogP contribution in [0.5, 0.6) is 0 Å². The number of hydrogen-bond donors (Lipinski definition) is 2. The molecule has 9 heavy (non-hydrogen) atoms. The summed E-state index contributed by atoms with van der Waals surface area (Å²) >= 11 is 0. The zero-order valence-electron chi connectivity index (χ0n) is 4.64. The highest BCUT2D eigenvalue weighted by atomic mass is 19.3. The molecule has 1 unspecified atom stereocenters. The molecule has 54 valence electrons. The lowest BCUT2D eigenvalue weighted by molar-refractivity contribution is -0.179. The first-order chi connectivity index (χ1) is 3.89. The predicted octanol–water partition coefficient (Wildman–Crippen LogP) is 0.0871. The number of rotatable bonds is 2. The Balaban J connectivity index is 4.19. The molecule has 1 atom stereocenters. The van der Waals surface area contributed by atoms with Gasteiger partial charge in [0, 0.05) is 0 Å². The van der Waals surface area contributed by atoms with Crippen molar-refractivity contribution in [1.29, 1.82) is 0 Å². The van der Waals surface area contributed by atoms with Gasteiger partial charge in [0.05, 0.1) is 0 Å². The van der Waals surface area contributed by atoms with Crippen LogP contribution < -0.4 is 0 Å². The topological polar surface area (TPSA) is 57.5 Å². The molecule has 2 N–H and O–H groups in total. The highest BCUT2D eigenvalue weighted by Gasteiger charge is 2.44. The molecule has 5 heteroatoms. The lowest BCUT2D eigenvalue weighted by atomic mass is 10.2. The molecule has 0 radical (unpaired) electrons. The molecule has 0 amide bonds. The summed E-state index contributed by atoms with van der Waals surface area (Å²) in [6, 6.07) is 0. The Kier molecular flexibility index (Phi) is 2.08. The van der Waals surface area contributed by atoms with Crippen LogP contribution in [0.15, 0.2) is 0 Å². The van der Waals surface area contributed by atoms with Crippen LogP contribution in [0.1, 0.15) is 6.92 Å². The van der Waals surface area contributed by atoms with E-state index >= 15 is 0 Å². The molecule has 0 aromatic rings. The Morgan fingerprint density at radius 1 is 1.67 bits per heavy atom. The fourth-order valence-corrected chi connectivity index (χ4v) is 0.179. The molecule has 0 spiro atoms. The number of alkyl halides is 2. The van der Waals surface area contributed by atoms with Crippen molar-refractivity contribution in [2.45, 2.75) is 19.0 Å². The van der Waals surface area contributed by atoms with Gasteiger partial charge < -0.3 is 10.2 Å². The van der Waals surface area contributed by atoms with Crippen molar-refractivity contribution in [2.24, 2.45) is 0 Å². The number of carboxylic acids is 1. The first-order valence-electron chi connectivity index (χ1n) is 2.18. The highest BCUT2D eigenvalue weighted by molar-refractivity contribution is 5.75. The van der Waals surface area contributed by atoms with Crippen molar-refractivity contribution in [2.75, 3.05) is 0 Å². The standard InChI is InChI=1S/C4H6F2O3/c1-2(7)4(5,6)3(8)9/h2,7H,1H3,(H,8,9). The van der Waals surface area contributed by atoms with E-state index in [0.717, 1.165) is 0 Å². The van der Waals surface area contributed by atoms with Gasteiger partial charge in [-0.1, -0.05) is 0 Å². The maximum absolute atomic E-state index is 11.8. The molecule has 0 fully saturated rings. The van der Waals surface area contributed by atoms with E-state index in [1.165, 1.54) is 0 Å². The van der Waals surface area contributed by atoms with E-state index < -0.39 is 18.0 Å². The molecule has 0 aliphatic carbocycles. The smallest absolute Gasteiger partial charge is 0.377 e. The molecular weight excluding hydrogens is 134 g/mol. The number of aliphatic carboxylic acids is 1. The lowest BCUT2D eigenvalue weighted by Crippen LogP contribution is -2.39. The summed E-state index contributed by atoms with van der Waals surface area (Å²) in [5.41, 5.74) is 0. The summed E-state index contributed by atoms with van der Waals surface area (Å²) in [4.78, 5) is 9.55. The van der Waals surface area contributed by atoms with E-state index in [-0.39, 0.29) is 0 Å². The Bertz CT molecular complexity index is 121. The van der Waals surface area contributed by atoms with Crippen molar-refractivity contribution in [1.82, 2.24) is 0 Å². The maximum Gasteiger partial charge on any atom is 0.377 e. The number of aliphatic hydroxyl groups excluding tert-OH is 1. The number of aliphatic hydroxyl groups is 1. The second-order valence-electron chi connectivity index (χ2n) is 1.60. The zero-order chi connectivity index (χ0) is 7.65. The SMILES string of the molecule is CC(O)C(F)(F)C(=O)O. The maximum atomic E-state index is 11.8. The summed E-state index contributed by atoms with van der Waals surface area (Å²) < 4.78 is 23.6. The molecular formula is C4H6F2O3. The van der Waals surface area contributed by atoms with E-state index in [0.29, 0.717) is 6.92 Å². The number of carbonyl (C=O) groups is 1. The van der Waals surface area contributed by atoms with E-state index in [4.69, 9.17) is 10.2 Å². The second-order valence-corrected chi connectivity index (χ2v) is 1.60. The van der Waals surface area contributed by atoms with Gasteiger partial charge in [0.2, 0.25) is 0 Å². The van der Waals surface area contributed by atoms with E-state index in [1.807, 2.05) is 0 Å². The van der Waals surface area contributed by atoms with Gasteiger partial charge in [-0.2, -0.15) is 8.78 Å². The van der Waals surface area contributed by atoms with Gasteiger partial charge in [-0.25, -0.2) is 4.79 Å². The van der Waals surface area contributed by atoms with Crippen molar-refractivity contribution in [3.63, 3.8) is 0 Å². The number of carboxylic acid groups (broad SMARTS) is 1. The average molecular weight is 140 g/mol. The first kappa shape index (κ1) is 8.29. The minimum atomic E-state index is -4.03. The lowest BCUT2D eigenvalue weighted by Gasteiger charge is -2.12. The predicted molar refractivity (Wildman–Crippen MR) is 24.3 cm³/mol. The molecule has 0 saturated heterocycles. The first-order valence-corrected chi connectivity index (χ1v) is 2.18. The van der Waals surface area contributed by atoms with Gasteiger partial charge in [-0.15, -0.1) is 0 Å². The van der Waals surface area contributed by atoms with Gasteiger partial charge in [-0.05, 0) is 6.92 Å². The van der Waals surface area contributed by atoms with Crippen LogP contribution in [-0.2, 0) is 4.79 Å². The molecule has 0 bridgehead atoms. The van der Waals surface area contributed by atoms with Gasteiger partial charge in [0.1, 0.15) is 6.10 Å². The summed E-state index contributed by atoms with van der Waals surface area (Å²) in [7, 11) is 0. The van der Waals surface area contributed by atoms with Gasteiger partial charge in [0.25, 0.3) is 0 Å². The Hall–Kier alpha value is -0.710. The largest absolute Gasteiger partial charge is 0.477 e. The normalized spacial score (nSPS) is 15.1. The monoisotopic (exact) mass is 140 g/mol. The minimum absolute atomic E-state index is 0.716. The Labute approximate surface area is 49.9 Å². The average Bonchev–Trinajstić information content (AvgIpc) is 1.65. The summed E-state index contributed by atoms with van der Waals surface area (Å²) in [5, 5.41) is 15.8. The number of halogens is 2. The van der Waals surface area contributed by atoms with Crippen LogP contribution in [0, 0.1) is 0 Å². The molecule has 0 aliphatic heterocycles. The third kappa shape index (κ3) is 1.60. The second kappa shape index (κ2) is 2.26. The number of hydrogen-bond acceptors (Lipinski definition) is 2. The van der Waals surface area contributed by atoms with Crippen LogP contribution >= 0.6 is 0 Å². The molecule has 0 aromatic carbocycles. The molecule has 3 nitrogen and oxygen atoms in total. The van der Waals surface area contributed by atoms with Crippen molar-refractivity contribution < 1.29 is 23.8 Å². The van der Waals surface area contributed by atoms with Gasteiger partial charge >= 0.3 is 11.9 Å². The van der Waals surface area contributed by atoms with Crippen molar-refractivity contribution in [3.05, 3.63) is 0 Å². The van der Waals surface area contributed by atoms with Crippen molar-refractivity contribution in [3.8, 4) is 0 Å². The van der Waals surface area contributed by atoms with E-state index in [2.05, 4.69) is 0 Å². The third-order valence-electron chi connectivity index (χ3n) is 0.810. The van der Waals surface area contributed by atoms with Crippen LogP contribution in [0.25, 0.3) is 0 Å². The van der Waals surface area contributed by atoms with Gasteiger partial charge in [0.15, 0.2) is 0 Å². The minimum Gasteiger partial charge on any atom is -0.477 e. The van der Waals surface area contributed by atoms with Crippen LogP contribution in [-0.4, -0.2) is 28.2 Å². The molecule has 0 aliphatic rings. The summed E-state index contributed by atoms with van der Waals surface area (Å²) in [6.45, 7) is 0.716. The van der Waals surface area contributed by atoms with Crippen LogP contribution in [0.3, 0.4) is 0 Å². The molecule has 0 rings (SSSR count). The molecule has 0 saturated carbocycles. The Morgan fingerprint density at radius 2 is 2.00 bits per heavy atom. The fourth-order valence-electron chi connectivity index (χ4n) is 0.179.